The number of nitrogens with two attached hydrogens (primary N) is 1. The van der Waals surface area contributed by atoms with Crippen LogP contribution in [0.1, 0.15) is 41.6 Å². The van der Waals surface area contributed by atoms with Crippen molar-refractivity contribution in [2.24, 2.45) is 5.92 Å². The molecule has 0 radical (unpaired) electrons. The van der Waals surface area contributed by atoms with Gasteiger partial charge >= 0.3 is 0 Å². The third kappa shape index (κ3) is 2.20. The lowest BCUT2D eigenvalue weighted by Crippen LogP contribution is -2.11. The van der Waals surface area contributed by atoms with E-state index >= 15 is 0 Å². The Balaban J connectivity index is 2.24. The summed E-state index contributed by atoms with van der Waals surface area (Å²) in [7, 11) is 0. The maximum absolute atomic E-state index is 12.1. The van der Waals surface area contributed by atoms with Crippen LogP contribution >= 0.6 is 0 Å². The highest BCUT2D eigenvalue weighted by atomic mass is 16.1. The lowest BCUT2D eigenvalue weighted by Gasteiger charge is -2.09. The van der Waals surface area contributed by atoms with E-state index in [2.05, 4.69) is 0 Å². The van der Waals surface area contributed by atoms with Crippen LogP contribution in [0.3, 0.4) is 0 Å². The van der Waals surface area contributed by atoms with Crippen LogP contribution in [0.15, 0.2) is 18.2 Å². The molecule has 0 atom stereocenters. The minimum Gasteiger partial charge on any atom is -0.399 e. The summed E-state index contributed by atoms with van der Waals surface area (Å²) in [6.45, 7) is 1.97. The van der Waals surface area contributed by atoms with E-state index in [0.29, 0.717) is 5.69 Å². The van der Waals surface area contributed by atoms with Gasteiger partial charge in [-0.1, -0.05) is 12.8 Å². The Morgan fingerprint density at radius 1 is 1.27 bits per heavy atom. The number of anilines is 1. The van der Waals surface area contributed by atoms with Crippen molar-refractivity contribution in [3.05, 3.63) is 29.3 Å². The van der Waals surface area contributed by atoms with E-state index in [1.807, 2.05) is 19.1 Å². The number of carbonyl (C=O) groups excluding carboxylic acids is 1. The van der Waals surface area contributed by atoms with Gasteiger partial charge in [-0.3, -0.25) is 4.79 Å². The van der Waals surface area contributed by atoms with Gasteiger partial charge in [0.25, 0.3) is 0 Å². The van der Waals surface area contributed by atoms with Crippen LogP contribution in [0.25, 0.3) is 0 Å². The molecule has 15 heavy (non-hydrogen) atoms. The predicted octanol–water partition coefficient (Wildman–Crippen LogP) is 2.95. The summed E-state index contributed by atoms with van der Waals surface area (Å²) >= 11 is 0. The molecule has 2 N–H and O–H groups in total. The van der Waals surface area contributed by atoms with Gasteiger partial charge in [0.15, 0.2) is 5.78 Å². The predicted molar refractivity (Wildman–Crippen MR) is 61.9 cm³/mol. The monoisotopic (exact) mass is 203 g/mol. The van der Waals surface area contributed by atoms with Gasteiger partial charge in [-0.25, -0.2) is 0 Å². The SMILES string of the molecule is Cc1cc(N)cc(C(=O)C2CCCC2)c1. The smallest absolute Gasteiger partial charge is 0.166 e. The maximum Gasteiger partial charge on any atom is 0.166 e. The second kappa shape index (κ2) is 4.05. The van der Waals surface area contributed by atoms with E-state index < -0.39 is 0 Å². The highest BCUT2D eigenvalue weighted by molar-refractivity contribution is 5.98. The number of ketones is 1. The average Bonchev–Trinajstić information content (AvgIpc) is 2.67. The number of hydrogen-bond donors (Lipinski definition) is 1. The fraction of sp³-hybridized carbons (Fsp3) is 0.462. The zero-order valence-corrected chi connectivity index (χ0v) is 9.12. The van der Waals surface area contributed by atoms with Gasteiger partial charge in [-0.2, -0.15) is 0 Å². The van der Waals surface area contributed by atoms with Crippen LogP contribution in [0.4, 0.5) is 5.69 Å². The molecule has 0 amide bonds. The van der Waals surface area contributed by atoms with E-state index in [1.54, 1.807) is 6.07 Å². The first-order valence-electron chi connectivity index (χ1n) is 5.58. The summed E-state index contributed by atoms with van der Waals surface area (Å²) in [5.41, 5.74) is 8.29. The van der Waals surface area contributed by atoms with Crippen molar-refractivity contribution in [2.45, 2.75) is 32.6 Å². The summed E-state index contributed by atoms with van der Waals surface area (Å²) in [5, 5.41) is 0. The van der Waals surface area contributed by atoms with Crippen molar-refractivity contribution in [2.75, 3.05) is 5.73 Å². The normalized spacial score (nSPS) is 16.9. The molecular formula is C13H17NO. The Labute approximate surface area is 90.5 Å². The largest absolute Gasteiger partial charge is 0.399 e. The van der Waals surface area contributed by atoms with Crippen molar-refractivity contribution in [3.63, 3.8) is 0 Å². The lowest BCUT2D eigenvalue weighted by molar-refractivity contribution is 0.0923. The molecule has 0 saturated heterocycles. The number of nitrogen functional groups attached to an aromatic ring is 1. The van der Waals surface area contributed by atoms with Gasteiger partial charge in [0.05, 0.1) is 0 Å². The second-order valence-electron chi connectivity index (χ2n) is 4.48. The van der Waals surface area contributed by atoms with Gasteiger partial charge in [0, 0.05) is 17.2 Å². The van der Waals surface area contributed by atoms with Gasteiger partial charge < -0.3 is 5.73 Å². The highest BCUT2D eigenvalue weighted by Crippen LogP contribution is 2.28. The first kappa shape index (κ1) is 10.2. The molecule has 2 nitrogen and oxygen atoms in total. The van der Waals surface area contributed by atoms with Crippen LogP contribution in [-0.2, 0) is 0 Å². The Kier molecular flexibility index (Phi) is 2.76. The summed E-state index contributed by atoms with van der Waals surface area (Å²) in [4.78, 5) is 12.1. The number of benzene rings is 1. The molecule has 1 aliphatic carbocycles. The summed E-state index contributed by atoms with van der Waals surface area (Å²) < 4.78 is 0. The molecule has 0 unspecified atom stereocenters. The van der Waals surface area contributed by atoms with Gasteiger partial charge in [0.2, 0.25) is 0 Å². The molecule has 2 rings (SSSR count). The number of aryl methyl sites for hydroxylation is 1. The molecular weight excluding hydrogens is 186 g/mol. The first-order chi connectivity index (χ1) is 7.16. The van der Waals surface area contributed by atoms with Crippen molar-refractivity contribution >= 4 is 11.5 Å². The molecule has 0 heterocycles. The molecule has 1 saturated carbocycles. The van der Waals surface area contributed by atoms with Gasteiger partial charge in [-0.05, 0) is 43.5 Å². The standard InChI is InChI=1S/C13H17NO/c1-9-6-11(8-12(14)7-9)13(15)10-4-2-3-5-10/h6-8,10H,2-5,14H2,1H3. The van der Waals surface area contributed by atoms with Gasteiger partial charge in [0.1, 0.15) is 0 Å². The minimum atomic E-state index is 0.242. The molecule has 1 aromatic carbocycles. The Morgan fingerprint density at radius 3 is 2.53 bits per heavy atom. The minimum absolute atomic E-state index is 0.242. The molecule has 1 fully saturated rings. The second-order valence-corrected chi connectivity index (χ2v) is 4.48. The summed E-state index contributed by atoms with van der Waals surface area (Å²) in [6.07, 6.45) is 4.48. The van der Waals surface area contributed by atoms with E-state index in [1.165, 1.54) is 12.8 Å². The molecule has 0 aromatic heterocycles. The summed E-state index contributed by atoms with van der Waals surface area (Å²) in [5.74, 6) is 0.522. The third-order valence-corrected chi connectivity index (χ3v) is 3.11. The van der Waals surface area contributed by atoms with E-state index in [-0.39, 0.29) is 11.7 Å². The zero-order chi connectivity index (χ0) is 10.8. The van der Waals surface area contributed by atoms with Gasteiger partial charge in [-0.15, -0.1) is 0 Å². The third-order valence-electron chi connectivity index (χ3n) is 3.11. The Bertz CT molecular complexity index is 358. The quantitative estimate of drug-likeness (QED) is 0.593. The molecule has 1 aliphatic rings. The number of carbonyl (C=O) groups is 1. The van der Waals surface area contributed by atoms with Crippen LogP contribution in [0, 0.1) is 12.8 Å². The number of Topliss-reactive ketones (excluding diaryl/α,β-unsaturated/α-hetero) is 1. The van der Waals surface area contributed by atoms with Crippen molar-refractivity contribution < 1.29 is 4.79 Å². The fourth-order valence-electron chi connectivity index (χ4n) is 2.38. The molecule has 2 heteroatoms. The van der Waals surface area contributed by atoms with E-state index in [9.17, 15) is 4.79 Å². The topological polar surface area (TPSA) is 43.1 Å². The van der Waals surface area contributed by atoms with Crippen molar-refractivity contribution in [3.8, 4) is 0 Å². The fourth-order valence-corrected chi connectivity index (χ4v) is 2.38. The lowest BCUT2D eigenvalue weighted by atomic mass is 9.95. The Hall–Kier alpha value is -1.31. The highest BCUT2D eigenvalue weighted by Gasteiger charge is 2.23. The average molecular weight is 203 g/mol. The molecule has 0 bridgehead atoms. The maximum atomic E-state index is 12.1. The Morgan fingerprint density at radius 2 is 1.93 bits per heavy atom. The number of hydrogen-bond acceptors (Lipinski definition) is 2. The van der Waals surface area contributed by atoms with E-state index in [4.69, 9.17) is 5.73 Å². The first-order valence-corrected chi connectivity index (χ1v) is 5.58. The van der Waals surface area contributed by atoms with Crippen LogP contribution < -0.4 is 5.73 Å². The zero-order valence-electron chi connectivity index (χ0n) is 9.12. The number of rotatable bonds is 2. The molecule has 80 valence electrons. The summed E-state index contributed by atoms with van der Waals surface area (Å²) in [6, 6.07) is 5.64. The van der Waals surface area contributed by atoms with Crippen LogP contribution in [-0.4, -0.2) is 5.78 Å². The van der Waals surface area contributed by atoms with Crippen molar-refractivity contribution in [1.29, 1.82) is 0 Å². The molecule has 0 aliphatic heterocycles. The van der Waals surface area contributed by atoms with E-state index in [0.717, 1.165) is 24.0 Å². The molecule has 1 aromatic rings. The van der Waals surface area contributed by atoms with Crippen LogP contribution in [0.2, 0.25) is 0 Å². The molecule has 0 spiro atoms. The van der Waals surface area contributed by atoms with Crippen LogP contribution in [0.5, 0.6) is 0 Å². The van der Waals surface area contributed by atoms with Crippen molar-refractivity contribution in [1.82, 2.24) is 0 Å².